The van der Waals surface area contributed by atoms with E-state index in [1.165, 1.54) is 0 Å². The number of phenols is 1. The van der Waals surface area contributed by atoms with Gasteiger partial charge in [-0.05, 0) is 48.9 Å². The van der Waals surface area contributed by atoms with E-state index in [1.54, 1.807) is 23.5 Å². The molecule has 0 saturated carbocycles. The van der Waals surface area contributed by atoms with E-state index in [1.807, 2.05) is 36.8 Å². The number of benzene rings is 3. The molecule has 3 aromatic rings. The predicted octanol–water partition coefficient (Wildman–Crippen LogP) is 4.97. The van der Waals surface area contributed by atoms with Crippen molar-refractivity contribution in [3.05, 3.63) is 36.4 Å². The molecule has 1 fully saturated rings. The Morgan fingerprint density at radius 3 is 2.00 bits per heavy atom. The van der Waals surface area contributed by atoms with Gasteiger partial charge in [-0.1, -0.05) is 0 Å². The zero-order valence-corrected chi connectivity index (χ0v) is 20.6. The van der Waals surface area contributed by atoms with Crippen LogP contribution in [0.4, 0.5) is 0 Å². The fraction of sp³-hybridized carbons (Fsp3) is 0.440. The highest BCUT2D eigenvalue weighted by Gasteiger charge is 2.22. The number of rotatable bonds is 14. The lowest BCUT2D eigenvalue weighted by Gasteiger charge is -2.16. The molecule has 8 heteroatoms. The van der Waals surface area contributed by atoms with Crippen LogP contribution in [0.1, 0.15) is 0 Å². The molecule has 6 nitrogen and oxygen atoms in total. The first-order chi connectivity index (χ1) is 16.2. The Labute approximate surface area is 202 Å². The van der Waals surface area contributed by atoms with Gasteiger partial charge in [0.25, 0.3) is 0 Å². The molecule has 0 aliphatic carbocycles. The topological polar surface area (TPSA) is 69.7 Å². The summed E-state index contributed by atoms with van der Waals surface area (Å²) in [7, 11) is 0. The van der Waals surface area contributed by atoms with Gasteiger partial charge in [-0.25, -0.2) is 0 Å². The van der Waals surface area contributed by atoms with Gasteiger partial charge in [-0.2, -0.15) is 0 Å². The first kappa shape index (κ1) is 24.4. The molecule has 1 saturated heterocycles. The maximum Gasteiger partial charge on any atom is 0.135 e. The third kappa shape index (κ3) is 6.47. The van der Waals surface area contributed by atoms with Gasteiger partial charge in [0.15, 0.2) is 0 Å². The number of hydrogen-bond acceptors (Lipinski definition) is 8. The SMILES string of the molecule is CSc1ccc2c(OCCOCCOCCOCC3CO3)c3cc(SC)ccc3c(O)c2c1. The molecular formula is C25H30O6S2. The second kappa shape index (κ2) is 12.1. The van der Waals surface area contributed by atoms with Crippen molar-refractivity contribution in [1.29, 1.82) is 0 Å². The summed E-state index contributed by atoms with van der Waals surface area (Å²) in [5.41, 5.74) is 0. The van der Waals surface area contributed by atoms with Gasteiger partial charge in [0.2, 0.25) is 0 Å². The Kier molecular flexibility index (Phi) is 9.00. The van der Waals surface area contributed by atoms with Crippen molar-refractivity contribution in [2.24, 2.45) is 0 Å². The minimum absolute atomic E-state index is 0.288. The predicted molar refractivity (Wildman–Crippen MR) is 134 cm³/mol. The summed E-state index contributed by atoms with van der Waals surface area (Å²) in [6.45, 7) is 4.46. The van der Waals surface area contributed by atoms with E-state index in [0.29, 0.717) is 46.2 Å². The number of aromatic hydroxyl groups is 1. The Balaban J connectivity index is 1.35. The molecule has 1 heterocycles. The Bertz CT molecular complexity index is 1070. The van der Waals surface area contributed by atoms with E-state index in [2.05, 4.69) is 12.1 Å². The molecule has 1 N–H and O–H groups in total. The summed E-state index contributed by atoms with van der Waals surface area (Å²) in [6, 6.07) is 12.1. The van der Waals surface area contributed by atoms with Crippen LogP contribution in [0.2, 0.25) is 0 Å². The van der Waals surface area contributed by atoms with Crippen molar-refractivity contribution in [1.82, 2.24) is 0 Å². The molecule has 178 valence electrons. The summed E-state index contributed by atoms with van der Waals surface area (Å²) in [5, 5.41) is 14.4. The maximum atomic E-state index is 11.0. The van der Waals surface area contributed by atoms with E-state index in [4.69, 9.17) is 23.7 Å². The van der Waals surface area contributed by atoms with E-state index in [9.17, 15) is 5.11 Å². The van der Waals surface area contributed by atoms with Crippen LogP contribution in [-0.2, 0) is 18.9 Å². The highest BCUT2D eigenvalue weighted by molar-refractivity contribution is 7.98. The summed E-state index contributed by atoms with van der Waals surface area (Å²) in [4.78, 5) is 2.22. The molecule has 33 heavy (non-hydrogen) atoms. The number of ether oxygens (including phenoxy) is 5. The zero-order valence-electron chi connectivity index (χ0n) is 19.0. The molecular weight excluding hydrogens is 460 g/mol. The first-order valence-electron chi connectivity index (χ1n) is 11.0. The van der Waals surface area contributed by atoms with Crippen LogP contribution in [0.15, 0.2) is 46.2 Å². The molecule has 0 radical (unpaired) electrons. The lowest BCUT2D eigenvalue weighted by molar-refractivity contribution is 0.00722. The molecule has 1 atom stereocenters. The molecule has 0 spiro atoms. The summed E-state index contributed by atoms with van der Waals surface area (Å²) >= 11 is 3.31. The lowest BCUT2D eigenvalue weighted by atomic mass is 10.0. The van der Waals surface area contributed by atoms with Gasteiger partial charge < -0.3 is 28.8 Å². The summed E-state index contributed by atoms with van der Waals surface area (Å²) in [5.74, 6) is 1.07. The molecule has 1 aliphatic heterocycles. The highest BCUT2D eigenvalue weighted by Crippen LogP contribution is 2.44. The monoisotopic (exact) mass is 490 g/mol. The third-order valence-corrected chi connectivity index (χ3v) is 6.83. The maximum absolute atomic E-state index is 11.0. The minimum atomic E-state index is 0.288. The average molecular weight is 491 g/mol. The molecule has 1 unspecified atom stereocenters. The van der Waals surface area contributed by atoms with Crippen molar-refractivity contribution in [2.75, 3.05) is 65.4 Å². The van der Waals surface area contributed by atoms with Gasteiger partial charge in [0, 0.05) is 31.3 Å². The van der Waals surface area contributed by atoms with Crippen LogP contribution in [0, 0.1) is 0 Å². The van der Waals surface area contributed by atoms with E-state index in [-0.39, 0.29) is 11.9 Å². The molecule has 1 aliphatic rings. The fourth-order valence-corrected chi connectivity index (χ4v) is 4.44. The van der Waals surface area contributed by atoms with E-state index >= 15 is 0 Å². The van der Waals surface area contributed by atoms with Crippen LogP contribution in [-0.4, -0.2) is 76.6 Å². The molecule has 0 aromatic heterocycles. The molecule has 4 rings (SSSR count). The van der Waals surface area contributed by atoms with Crippen molar-refractivity contribution in [3.63, 3.8) is 0 Å². The van der Waals surface area contributed by atoms with E-state index in [0.717, 1.165) is 43.7 Å². The Hall–Kier alpha value is -1.68. The number of epoxide rings is 1. The number of thioether (sulfide) groups is 2. The number of phenolic OH excluding ortho intramolecular Hbond substituents is 1. The molecule has 0 amide bonds. The minimum Gasteiger partial charge on any atom is -0.507 e. The molecule has 3 aromatic carbocycles. The average Bonchev–Trinajstić information content (AvgIpc) is 3.68. The first-order valence-corrected chi connectivity index (χ1v) is 13.4. The fourth-order valence-electron chi connectivity index (χ4n) is 3.56. The Morgan fingerprint density at radius 2 is 1.36 bits per heavy atom. The van der Waals surface area contributed by atoms with Crippen molar-refractivity contribution < 1.29 is 28.8 Å². The van der Waals surface area contributed by atoms with Crippen molar-refractivity contribution >= 4 is 45.1 Å². The van der Waals surface area contributed by atoms with Crippen LogP contribution in [0.25, 0.3) is 21.5 Å². The lowest BCUT2D eigenvalue weighted by Crippen LogP contribution is -2.13. The highest BCUT2D eigenvalue weighted by atomic mass is 32.2. The molecule has 0 bridgehead atoms. The van der Waals surface area contributed by atoms with Crippen LogP contribution >= 0.6 is 23.5 Å². The zero-order chi connectivity index (χ0) is 23.0. The van der Waals surface area contributed by atoms with Crippen LogP contribution in [0.5, 0.6) is 11.5 Å². The Morgan fingerprint density at radius 1 is 0.788 bits per heavy atom. The number of fused-ring (bicyclic) bond motifs is 2. The van der Waals surface area contributed by atoms with Crippen LogP contribution < -0.4 is 4.74 Å². The third-order valence-electron chi connectivity index (χ3n) is 5.38. The van der Waals surface area contributed by atoms with E-state index < -0.39 is 0 Å². The second-order valence-corrected chi connectivity index (χ2v) is 9.36. The van der Waals surface area contributed by atoms with Gasteiger partial charge in [0.05, 0.1) is 46.2 Å². The van der Waals surface area contributed by atoms with Gasteiger partial charge in [-0.3, -0.25) is 0 Å². The summed E-state index contributed by atoms with van der Waals surface area (Å²) < 4.78 is 27.9. The van der Waals surface area contributed by atoms with Gasteiger partial charge >= 0.3 is 0 Å². The van der Waals surface area contributed by atoms with Gasteiger partial charge in [-0.15, -0.1) is 23.5 Å². The van der Waals surface area contributed by atoms with Crippen LogP contribution in [0.3, 0.4) is 0 Å². The number of hydrogen-bond donors (Lipinski definition) is 1. The van der Waals surface area contributed by atoms with Gasteiger partial charge in [0.1, 0.15) is 24.2 Å². The standard InChI is InChI=1S/C25H30O6S2/c1-32-18-4-6-21-22(13-18)24(26)20-5-3-19(33-2)14-23(20)25(21)30-12-11-28-8-7-27-9-10-29-15-17-16-31-17/h3-6,13-14,17,26H,7-12,15-16H2,1-2H3. The van der Waals surface area contributed by atoms with Crippen molar-refractivity contribution in [3.8, 4) is 11.5 Å². The smallest absolute Gasteiger partial charge is 0.135 e. The second-order valence-electron chi connectivity index (χ2n) is 7.60. The van der Waals surface area contributed by atoms with Crippen molar-refractivity contribution in [2.45, 2.75) is 15.9 Å². The normalized spacial score (nSPS) is 15.4. The largest absolute Gasteiger partial charge is 0.507 e. The summed E-state index contributed by atoms with van der Waals surface area (Å²) in [6.07, 6.45) is 4.35. The quantitative estimate of drug-likeness (QED) is 0.147.